The highest BCUT2D eigenvalue weighted by molar-refractivity contribution is 7.92. The van der Waals surface area contributed by atoms with Crippen molar-refractivity contribution in [2.45, 2.75) is 76.5 Å². The van der Waals surface area contributed by atoms with Crippen molar-refractivity contribution >= 4 is 39.1 Å². The third-order valence-electron chi connectivity index (χ3n) is 10.9. The van der Waals surface area contributed by atoms with Crippen LogP contribution in [-0.4, -0.2) is 64.1 Å². The molecule has 2 aliphatic carbocycles. The van der Waals surface area contributed by atoms with Gasteiger partial charge in [-0.1, -0.05) is 36.7 Å². The lowest BCUT2D eigenvalue weighted by Crippen LogP contribution is -2.43. The van der Waals surface area contributed by atoms with E-state index < -0.39 is 21.9 Å². The highest BCUT2D eigenvalue weighted by atomic mass is 35.5. The molecule has 1 aromatic heterocycles. The first-order valence-corrected chi connectivity index (χ1v) is 20.5. The third-order valence-corrected chi connectivity index (χ3v) is 13.1. The van der Waals surface area contributed by atoms with E-state index in [1.165, 1.54) is 11.1 Å². The number of hydrogen-bond donors (Lipinski definition) is 2. The van der Waals surface area contributed by atoms with Crippen LogP contribution >= 0.6 is 11.6 Å². The van der Waals surface area contributed by atoms with E-state index in [0.717, 1.165) is 56.3 Å². The molecule has 11 nitrogen and oxygen atoms in total. The Balaban J connectivity index is 1.24. The van der Waals surface area contributed by atoms with Crippen molar-refractivity contribution in [3.05, 3.63) is 88.2 Å². The van der Waals surface area contributed by atoms with E-state index >= 15 is 0 Å². The van der Waals surface area contributed by atoms with Gasteiger partial charge in [0, 0.05) is 56.0 Å². The Bertz CT molecular complexity index is 1960. The van der Waals surface area contributed by atoms with Gasteiger partial charge in [0.05, 0.1) is 30.3 Å². The first kappa shape index (κ1) is 36.5. The van der Waals surface area contributed by atoms with E-state index in [9.17, 15) is 13.8 Å². The molecule has 0 saturated heterocycles. The van der Waals surface area contributed by atoms with Crippen molar-refractivity contribution in [1.82, 2.24) is 19.8 Å². The van der Waals surface area contributed by atoms with Crippen LogP contribution in [0, 0.1) is 17.8 Å². The fraction of sp³-hybridized carbons (Fsp3) is 0.513. The Morgan fingerprint density at radius 1 is 1.13 bits per heavy atom. The van der Waals surface area contributed by atoms with E-state index in [4.69, 9.17) is 21.1 Å². The van der Waals surface area contributed by atoms with Gasteiger partial charge in [-0.05, 0) is 110 Å². The molecular formula is C39H49ClN6O5S. The number of methoxy groups -OCH3 is 1. The maximum Gasteiger partial charge on any atom is 0.327 e. The van der Waals surface area contributed by atoms with Crippen LogP contribution in [0.3, 0.4) is 0 Å². The molecule has 52 heavy (non-hydrogen) atoms. The van der Waals surface area contributed by atoms with E-state index in [1.54, 1.807) is 24.1 Å². The van der Waals surface area contributed by atoms with Crippen LogP contribution in [-0.2, 0) is 34.7 Å². The number of halogens is 1. The topological polar surface area (TPSA) is 127 Å². The predicted molar refractivity (Wildman–Crippen MR) is 203 cm³/mol. The van der Waals surface area contributed by atoms with Crippen LogP contribution in [0.25, 0.3) is 0 Å². The molecular weight excluding hydrogens is 700 g/mol. The maximum atomic E-state index is 14.5. The zero-order chi connectivity index (χ0) is 36.4. The Morgan fingerprint density at radius 2 is 2.00 bits per heavy atom. The number of rotatable bonds is 4. The fourth-order valence-electron chi connectivity index (χ4n) is 7.87. The molecule has 2 aliphatic heterocycles. The molecule has 7 rings (SSSR count). The van der Waals surface area contributed by atoms with Gasteiger partial charge in [0.15, 0.2) is 0 Å². The number of amides is 3. The van der Waals surface area contributed by atoms with E-state index in [2.05, 4.69) is 48.7 Å². The number of aryl methyl sites for hydroxylation is 2. The number of nitrogens with one attached hydrogen (secondary N) is 2. The second-order valence-electron chi connectivity index (χ2n) is 14.9. The van der Waals surface area contributed by atoms with Crippen molar-refractivity contribution < 1.29 is 23.3 Å². The third kappa shape index (κ3) is 8.50. The molecule has 2 aromatic carbocycles. The summed E-state index contributed by atoms with van der Waals surface area (Å²) < 4.78 is 35.6. The summed E-state index contributed by atoms with van der Waals surface area (Å²) in [7, 11) is 0.0906. The van der Waals surface area contributed by atoms with Crippen molar-refractivity contribution in [2.24, 2.45) is 29.2 Å². The molecule has 278 valence electrons. The Kier molecular flexibility index (Phi) is 11.0. The standard InChI is InChI=1S/C39H49ClN6O5S/c1-25-7-6-9-36(50-3)32-14-11-29(32)23-46-22-28-10-13-31(40)17-26(28)8-4-5-16-51-37-15-12-27(18-35(37)46)38(47)43-52(49,24-25)44-39(48)42-34-19-33(34)30-20-41-45(2)21-30/h6,9-10,12-13,15,17-18,20-21,25,29,32-34,36H,4-5,7-8,11,14,16,19,22-24H2,1-3H3,(H2,42,43,44,47,48,49)/b9-6+/t25-,29-,32+,33-,34+,36-,52?/m0/s1. The molecule has 7 atom stereocenters. The number of nitrogens with zero attached hydrogens (tertiary/aromatic N) is 4. The highest BCUT2D eigenvalue weighted by Gasteiger charge is 2.41. The van der Waals surface area contributed by atoms with Gasteiger partial charge >= 0.3 is 6.03 Å². The van der Waals surface area contributed by atoms with E-state index in [1.807, 2.05) is 38.4 Å². The lowest BCUT2D eigenvalue weighted by atomic mass is 9.70. The Morgan fingerprint density at radius 3 is 2.77 bits per heavy atom. The largest absolute Gasteiger partial charge is 0.491 e. The minimum atomic E-state index is -3.52. The second kappa shape index (κ2) is 15.6. The van der Waals surface area contributed by atoms with Gasteiger partial charge in [-0.3, -0.25) is 14.2 Å². The number of allylic oxidation sites excluding steroid dienone is 1. The summed E-state index contributed by atoms with van der Waals surface area (Å²) in [6.07, 6.45) is 14.1. The molecule has 3 heterocycles. The molecule has 2 N–H and O–H groups in total. The Labute approximate surface area is 311 Å². The molecule has 1 unspecified atom stereocenters. The Hall–Kier alpha value is -3.87. The first-order valence-electron chi connectivity index (χ1n) is 18.4. The molecule has 0 spiro atoms. The van der Waals surface area contributed by atoms with Gasteiger partial charge in [0.1, 0.15) is 15.7 Å². The summed E-state index contributed by atoms with van der Waals surface area (Å²) in [6, 6.07) is 10.7. The summed E-state index contributed by atoms with van der Waals surface area (Å²) in [5.41, 5.74) is 4.50. The number of ether oxygens (including phenoxy) is 2. The van der Waals surface area contributed by atoms with Crippen LogP contribution in [0.2, 0.25) is 5.02 Å². The van der Waals surface area contributed by atoms with E-state index in [-0.39, 0.29) is 35.3 Å². The summed E-state index contributed by atoms with van der Waals surface area (Å²) in [4.78, 5) is 29.6. The van der Waals surface area contributed by atoms with Crippen LogP contribution in [0.4, 0.5) is 10.5 Å². The fourth-order valence-corrected chi connectivity index (χ4v) is 9.90. The normalized spacial score (nSPS) is 29.8. The quantitative estimate of drug-likeness (QED) is 0.281. The lowest BCUT2D eigenvalue weighted by Gasteiger charge is -2.43. The summed E-state index contributed by atoms with van der Waals surface area (Å²) in [5.74, 6) is 0.732. The number of urea groups is 1. The van der Waals surface area contributed by atoms with Crippen LogP contribution in [0.1, 0.15) is 78.4 Å². The number of anilines is 1. The van der Waals surface area contributed by atoms with Crippen LogP contribution in [0.15, 0.2) is 65.3 Å². The predicted octanol–water partition coefficient (Wildman–Crippen LogP) is 6.81. The van der Waals surface area contributed by atoms with Gasteiger partial charge in [0.2, 0.25) is 0 Å². The van der Waals surface area contributed by atoms with Crippen LogP contribution < -0.4 is 19.7 Å². The van der Waals surface area contributed by atoms with Gasteiger partial charge in [-0.15, -0.1) is 4.36 Å². The van der Waals surface area contributed by atoms with Gasteiger partial charge in [-0.25, -0.2) is 9.00 Å². The summed E-state index contributed by atoms with van der Waals surface area (Å²) in [6.45, 7) is 3.83. The molecule has 4 aliphatic rings. The summed E-state index contributed by atoms with van der Waals surface area (Å²) in [5, 5.41) is 7.89. The molecule has 2 fully saturated rings. The maximum absolute atomic E-state index is 14.5. The molecule has 2 saturated carbocycles. The monoisotopic (exact) mass is 748 g/mol. The van der Waals surface area contributed by atoms with Gasteiger partial charge < -0.3 is 19.7 Å². The molecule has 2 bridgehead atoms. The van der Waals surface area contributed by atoms with Crippen molar-refractivity contribution in [2.75, 3.05) is 30.9 Å². The minimum Gasteiger partial charge on any atom is -0.491 e. The number of benzene rings is 2. The average Bonchev–Trinajstić information content (AvgIpc) is 3.72. The van der Waals surface area contributed by atoms with Gasteiger partial charge in [-0.2, -0.15) is 5.10 Å². The lowest BCUT2D eigenvalue weighted by molar-refractivity contribution is 0.0133. The van der Waals surface area contributed by atoms with Gasteiger partial charge in [0.25, 0.3) is 5.91 Å². The number of aromatic nitrogens is 2. The molecule has 0 radical (unpaired) electrons. The molecule has 13 heteroatoms. The number of carbonyl (C=O) groups is 2. The SMILES string of the molecule is CO[C@H]1/C=C/C[C@H](C)CS(=O)(NC(=O)N[C@@H]2C[C@H]2c2cnn(C)c2)=NC(=O)c2ccc3c(c2)N(Cc2ccc(Cl)cc2CCCCO3)C[C@@H]2CC[C@H]21. The first-order chi connectivity index (χ1) is 25.1. The minimum absolute atomic E-state index is 0.0103. The molecule has 3 amide bonds. The average molecular weight is 749 g/mol. The smallest absolute Gasteiger partial charge is 0.327 e. The zero-order valence-corrected chi connectivity index (χ0v) is 31.7. The van der Waals surface area contributed by atoms with Crippen molar-refractivity contribution in [3.8, 4) is 5.75 Å². The second-order valence-corrected chi connectivity index (χ2v) is 17.4. The zero-order valence-electron chi connectivity index (χ0n) is 30.1. The van der Waals surface area contributed by atoms with Crippen molar-refractivity contribution in [1.29, 1.82) is 0 Å². The number of fused-ring (bicyclic) bond motifs is 3. The van der Waals surface area contributed by atoms with E-state index in [0.29, 0.717) is 42.2 Å². The molecule has 3 aromatic rings. The number of carbonyl (C=O) groups excluding carboxylic acids is 2. The summed E-state index contributed by atoms with van der Waals surface area (Å²) >= 11 is 6.47. The van der Waals surface area contributed by atoms with Crippen molar-refractivity contribution in [3.63, 3.8) is 0 Å². The highest BCUT2D eigenvalue weighted by Crippen LogP contribution is 2.43. The van der Waals surface area contributed by atoms with Crippen LogP contribution in [0.5, 0.6) is 5.75 Å². The number of hydrogen-bond acceptors (Lipinski definition) is 7.